The molecule has 1 N–H and O–H groups in total. The Labute approximate surface area is 226 Å². The third-order valence-corrected chi connectivity index (χ3v) is 8.60. The summed E-state index contributed by atoms with van der Waals surface area (Å²) in [6.07, 6.45) is 1.63. The molecule has 0 bridgehead atoms. The molecule has 0 saturated carbocycles. The number of carboxylic acid groups (broad SMARTS) is 1. The van der Waals surface area contributed by atoms with Crippen LogP contribution in [0.25, 0.3) is 20.8 Å². The zero-order valence-corrected chi connectivity index (χ0v) is 22.1. The zero-order valence-electron chi connectivity index (χ0n) is 21.3. The summed E-state index contributed by atoms with van der Waals surface area (Å²) >= 11 is 1.67. The van der Waals surface area contributed by atoms with Crippen molar-refractivity contribution in [3.63, 3.8) is 0 Å². The number of methoxy groups -OCH3 is 1. The number of nitrogens with zero attached hydrogens (tertiary/aromatic N) is 3. The van der Waals surface area contributed by atoms with E-state index < -0.39 is 6.09 Å². The Bertz CT molecular complexity index is 1400. The molecule has 2 fully saturated rings. The Kier molecular flexibility index (Phi) is 6.91. The lowest BCUT2D eigenvalue weighted by Gasteiger charge is -2.45. The number of piperidine rings is 1. The van der Waals surface area contributed by atoms with Gasteiger partial charge in [0.05, 0.1) is 29.5 Å². The van der Waals surface area contributed by atoms with Crippen LogP contribution in [0.2, 0.25) is 0 Å². The largest absolute Gasteiger partial charge is 0.497 e. The third kappa shape index (κ3) is 5.19. The van der Waals surface area contributed by atoms with Gasteiger partial charge in [-0.1, -0.05) is 30.3 Å². The molecule has 1 amide bonds. The number of benzene rings is 3. The van der Waals surface area contributed by atoms with E-state index in [0.29, 0.717) is 6.54 Å². The molecule has 3 aromatic carbocycles. The van der Waals surface area contributed by atoms with Crippen molar-refractivity contribution in [3.8, 4) is 16.3 Å². The summed E-state index contributed by atoms with van der Waals surface area (Å²) < 4.78 is 12.9. The molecule has 7 nitrogen and oxygen atoms in total. The van der Waals surface area contributed by atoms with Crippen LogP contribution < -0.4 is 9.64 Å². The van der Waals surface area contributed by atoms with E-state index in [1.54, 1.807) is 23.3 Å². The molecular formula is C30H31N3O4S. The zero-order chi connectivity index (χ0) is 26.1. The van der Waals surface area contributed by atoms with E-state index in [4.69, 9.17) is 14.5 Å². The second-order valence-corrected chi connectivity index (χ2v) is 11.1. The maximum absolute atomic E-state index is 11.8. The summed E-state index contributed by atoms with van der Waals surface area (Å²) in [4.78, 5) is 20.5. The van der Waals surface area contributed by atoms with Crippen LogP contribution in [0.4, 0.5) is 10.5 Å². The van der Waals surface area contributed by atoms with Crippen molar-refractivity contribution in [2.75, 3.05) is 31.6 Å². The van der Waals surface area contributed by atoms with Crippen molar-refractivity contribution in [1.82, 2.24) is 9.88 Å². The summed E-state index contributed by atoms with van der Waals surface area (Å²) in [6, 6.07) is 24.6. The maximum Gasteiger partial charge on any atom is 0.407 e. The van der Waals surface area contributed by atoms with Crippen molar-refractivity contribution in [2.24, 2.45) is 0 Å². The van der Waals surface area contributed by atoms with Gasteiger partial charge in [-0.15, -0.1) is 11.3 Å². The summed E-state index contributed by atoms with van der Waals surface area (Å²) in [5.74, 6) is 0.844. The third-order valence-electron chi connectivity index (χ3n) is 7.54. The van der Waals surface area contributed by atoms with Crippen molar-refractivity contribution < 1.29 is 19.4 Å². The number of anilines is 1. The number of thiazole rings is 1. The first-order chi connectivity index (χ1) is 18.6. The lowest BCUT2D eigenvalue weighted by atomic mass is 9.93. The number of amides is 1. The Morgan fingerprint density at radius 1 is 1.05 bits per heavy atom. The van der Waals surface area contributed by atoms with Gasteiger partial charge in [0.25, 0.3) is 0 Å². The minimum absolute atomic E-state index is 0.0547. The van der Waals surface area contributed by atoms with Gasteiger partial charge in [-0.05, 0) is 67.3 Å². The molecule has 1 aromatic heterocycles. The minimum Gasteiger partial charge on any atom is -0.497 e. The predicted molar refractivity (Wildman–Crippen MR) is 150 cm³/mol. The summed E-state index contributed by atoms with van der Waals surface area (Å²) in [5, 5.41) is 10.7. The van der Waals surface area contributed by atoms with Crippen LogP contribution in [-0.4, -0.2) is 66.1 Å². The van der Waals surface area contributed by atoms with Gasteiger partial charge in [0, 0.05) is 36.9 Å². The van der Waals surface area contributed by atoms with Gasteiger partial charge in [0.2, 0.25) is 0 Å². The number of fused-ring (bicyclic) bond motifs is 1. The van der Waals surface area contributed by atoms with Crippen molar-refractivity contribution in [3.05, 3.63) is 78.4 Å². The van der Waals surface area contributed by atoms with Crippen molar-refractivity contribution in [2.45, 2.75) is 37.5 Å². The van der Waals surface area contributed by atoms with Crippen LogP contribution in [0, 0.1) is 0 Å². The molecule has 0 radical (unpaired) electrons. The van der Waals surface area contributed by atoms with Gasteiger partial charge in [-0.3, -0.25) is 0 Å². The molecule has 8 heteroatoms. The highest BCUT2D eigenvalue weighted by atomic mass is 32.1. The number of ether oxygens (including phenoxy) is 2. The molecule has 2 saturated heterocycles. The Balaban J connectivity index is 1.04. The van der Waals surface area contributed by atoms with Crippen LogP contribution in [0.5, 0.6) is 5.75 Å². The van der Waals surface area contributed by atoms with Gasteiger partial charge < -0.3 is 24.4 Å². The topological polar surface area (TPSA) is 75.1 Å². The lowest BCUT2D eigenvalue weighted by molar-refractivity contribution is -0.0622. The Hall–Kier alpha value is -3.62. The number of carbonyl (C=O) groups is 1. The number of likely N-dealkylation sites (tertiary alicyclic amines) is 1. The molecule has 2 aliphatic heterocycles. The molecule has 2 aliphatic rings. The van der Waals surface area contributed by atoms with E-state index in [0.717, 1.165) is 64.5 Å². The molecule has 3 heterocycles. The second kappa shape index (κ2) is 10.6. The van der Waals surface area contributed by atoms with Crippen LogP contribution in [0.15, 0.2) is 72.8 Å². The number of aromatic nitrogens is 1. The fourth-order valence-electron chi connectivity index (χ4n) is 5.45. The highest BCUT2D eigenvalue weighted by Gasteiger charge is 2.36. The predicted octanol–water partition coefficient (Wildman–Crippen LogP) is 5.93. The van der Waals surface area contributed by atoms with Gasteiger partial charge in [-0.2, -0.15) is 0 Å². The number of rotatable bonds is 7. The molecule has 2 atom stereocenters. The molecular weight excluding hydrogens is 498 g/mol. The van der Waals surface area contributed by atoms with E-state index in [2.05, 4.69) is 41.3 Å². The molecule has 4 aromatic rings. The van der Waals surface area contributed by atoms with E-state index in [1.165, 1.54) is 5.69 Å². The first-order valence-corrected chi connectivity index (χ1v) is 13.9. The first-order valence-electron chi connectivity index (χ1n) is 13.0. The smallest absolute Gasteiger partial charge is 0.407 e. The molecule has 2 unspecified atom stereocenters. The summed E-state index contributed by atoms with van der Waals surface area (Å²) in [7, 11) is 1.68. The quantitative estimate of drug-likeness (QED) is 0.320. The summed E-state index contributed by atoms with van der Waals surface area (Å²) in [5.41, 5.74) is 4.43. The van der Waals surface area contributed by atoms with Gasteiger partial charge >= 0.3 is 6.09 Å². The van der Waals surface area contributed by atoms with E-state index in [1.807, 2.05) is 36.4 Å². The highest BCUT2D eigenvalue weighted by Crippen LogP contribution is 2.34. The molecule has 0 spiro atoms. The van der Waals surface area contributed by atoms with Gasteiger partial charge in [-0.25, -0.2) is 9.78 Å². The van der Waals surface area contributed by atoms with Gasteiger partial charge in [0.15, 0.2) is 0 Å². The van der Waals surface area contributed by atoms with E-state index in [-0.39, 0.29) is 18.2 Å². The number of hydrogen-bond donors (Lipinski definition) is 1. The molecule has 38 heavy (non-hydrogen) atoms. The van der Waals surface area contributed by atoms with E-state index in [9.17, 15) is 9.90 Å². The maximum atomic E-state index is 11.8. The van der Waals surface area contributed by atoms with Crippen molar-refractivity contribution >= 4 is 33.3 Å². The van der Waals surface area contributed by atoms with Crippen molar-refractivity contribution in [1.29, 1.82) is 0 Å². The monoisotopic (exact) mass is 529 g/mol. The average molecular weight is 530 g/mol. The first kappa shape index (κ1) is 24.7. The van der Waals surface area contributed by atoms with Crippen LogP contribution >= 0.6 is 11.3 Å². The fraction of sp³-hybridized carbons (Fsp3) is 0.333. The van der Waals surface area contributed by atoms with Crippen LogP contribution in [-0.2, 0) is 11.2 Å². The fourth-order valence-corrected chi connectivity index (χ4v) is 6.45. The van der Waals surface area contributed by atoms with Crippen LogP contribution in [0.3, 0.4) is 0 Å². The normalized spacial score (nSPS) is 19.9. The van der Waals surface area contributed by atoms with Gasteiger partial charge in [0.1, 0.15) is 10.8 Å². The minimum atomic E-state index is -0.840. The average Bonchev–Trinajstić information content (AvgIpc) is 3.34. The Morgan fingerprint density at radius 3 is 2.58 bits per heavy atom. The molecule has 0 aliphatic carbocycles. The summed E-state index contributed by atoms with van der Waals surface area (Å²) in [6.45, 7) is 2.22. The molecule has 196 valence electrons. The van der Waals surface area contributed by atoms with Crippen LogP contribution in [0.1, 0.15) is 18.4 Å². The standard InChI is InChI=1S/C30H31N3O4S/c1-36-24-11-12-27-28(17-24)38-29(31-27)21-7-9-22(10-8-21)32-18-26(19-32)37-25-13-14-33(30(34)35)23(16-25)15-20-5-3-2-4-6-20/h2-12,17,23,25-26H,13-16,18-19H2,1H3,(H,34,35). The van der Waals surface area contributed by atoms with E-state index >= 15 is 0 Å². The second-order valence-electron chi connectivity index (χ2n) is 10.0. The Morgan fingerprint density at radius 2 is 1.84 bits per heavy atom. The highest BCUT2D eigenvalue weighted by molar-refractivity contribution is 7.21. The molecule has 6 rings (SSSR count). The lowest BCUT2D eigenvalue weighted by Crippen LogP contribution is -2.55. The number of hydrogen-bond acceptors (Lipinski definition) is 6. The SMILES string of the molecule is COc1ccc2nc(-c3ccc(N4CC(OC5CCN(C(=O)O)C(Cc6ccccc6)C5)C4)cc3)sc2c1.